The molecule has 0 spiro atoms. The lowest BCUT2D eigenvalue weighted by molar-refractivity contribution is 0.102. The normalized spacial score (nSPS) is 13.1. The lowest BCUT2D eigenvalue weighted by Crippen LogP contribution is -2.12. The van der Waals surface area contributed by atoms with E-state index in [0.29, 0.717) is 41.8 Å². The van der Waals surface area contributed by atoms with Crippen LogP contribution >= 0.6 is 0 Å². The van der Waals surface area contributed by atoms with Gasteiger partial charge in [-0.25, -0.2) is 0 Å². The molecule has 0 radical (unpaired) electrons. The van der Waals surface area contributed by atoms with Crippen molar-refractivity contribution in [2.75, 3.05) is 18.5 Å². The molecular formula is C18H16N4O3. The number of benzene rings is 1. The zero-order valence-electron chi connectivity index (χ0n) is 13.4. The molecule has 0 bridgehead atoms. The number of fused-ring (bicyclic) bond motifs is 1. The Bertz CT molecular complexity index is 892. The Morgan fingerprint density at radius 1 is 1.12 bits per heavy atom. The quantitative estimate of drug-likeness (QED) is 0.768. The van der Waals surface area contributed by atoms with Crippen LogP contribution in [0.25, 0.3) is 11.3 Å². The number of H-pyrrole nitrogens is 1. The minimum absolute atomic E-state index is 0.280. The molecule has 2 aromatic heterocycles. The molecule has 7 heteroatoms. The molecule has 1 amide bonds. The van der Waals surface area contributed by atoms with E-state index in [1.54, 1.807) is 36.7 Å². The first-order valence-electron chi connectivity index (χ1n) is 7.96. The summed E-state index contributed by atoms with van der Waals surface area (Å²) in [5.74, 6) is 1.05. The Kier molecular flexibility index (Phi) is 4.04. The zero-order chi connectivity index (χ0) is 17.1. The zero-order valence-corrected chi connectivity index (χ0v) is 13.4. The van der Waals surface area contributed by atoms with Crippen molar-refractivity contribution in [2.24, 2.45) is 0 Å². The van der Waals surface area contributed by atoms with Gasteiger partial charge in [-0.15, -0.1) is 0 Å². The molecule has 0 saturated heterocycles. The molecule has 0 saturated carbocycles. The van der Waals surface area contributed by atoms with E-state index in [1.807, 2.05) is 12.1 Å². The van der Waals surface area contributed by atoms with E-state index in [-0.39, 0.29) is 5.91 Å². The van der Waals surface area contributed by atoms with Gasteiger partial charge in [0.05, 0.1) is 18.9 Å². The molecular weight excluding hydrogens is 320 g/mol. The number of ether oxygens (including phenoxy) is 2. The van der Waals surface area contributed by atoms with Gasteiger partial charge in [-0.05, 0) is 30.3 Å². The van der Waals surface area contributed by atoms with Crippen LogP contribution in [-0.4, -0.2) is 34.3 Å². The summed E-state index contributed by atoms with van der Waals surface area (Å²) in [7, 11) is 0. The van der Waals surface area contributed by atoms with Crippen molar-refractivity contribution in [3.05, 3.63) is 54.5 Å². The highest BCUT2D eigenvalue weighted by atomic mass is 16.5. The van der Waals surface area contributed by atoms with Crippen molar-refractivity contribution in [3.8, 4) is 22.8 Å². The van der Waals surface area contributed by atoms with Gasteiger partial charge in [0.15, 0.2) is 11.5 Å². The Morgan fingerprint density at radius 2 is 2.00 bits per heavy atom. The fraction of sp³-hybridized carbons (Fsp3) is 0.167. The average Bonchev–Trinajstić information content (AvgIpc) is 3.03. The van der Waals surface area contributed by atoms with Gasteiger partial charge in [-0.3, -0.25) is 14.9 Å². The van der Waals surface area contributed by atoms with Gasteiger partial charge in [0.25, 0.3) is 5.91 Å². The van der Waals surface area contributed by atoms with Crippen molar-refractivity contribution >= 4 is 11.6 Å². The summed E-state index contributed by atoms with van der Waals surface area (Å²) >= 11 is 0. The summed E-state index contributed by atoms with van der Waals surface area (Å²) in [6.45, 7) is 1.23. The van der Waals surface area contributed by atoms with Crippen molar-refractivity contribution in [1.29, 1.82) is 0 Å². The monoisotopic (exact) mass is 336 g/mol. The van der Waals surface area contributed by atoms with Gasteiger partial charge < -0.3 is 14.8 Å². The molecule has 4 rings (SSSR count). The lowest BCUT2D eigenvalue weighted by Gasteiger charge is -2.09. The number of hydrogen-bond acceptors (Lipinski definition) is 5. The average molecular weight is 336 g/mol. The maximum Gasteiger partial charge on any atom is 0.273 e. The van der Waals surface area contributed by atoms with Crippen LogP contribution in [0.4, 0.5) is 5.69 Å². The molecule has 3 aromatic rings. The van der Waals surface area contributed by atoms with Crippen LogP contribution in [0.1, 0.15) is 16.9 Å². The number of hydrogen-bond donors (Lipinski definition) is 2. The number of rotatable bonds is 3. The first-order chi connectivity index (χ1) is 12.3. The summed E-state index contributed by atoms with van der Waals surface area (Å²) in [4.78, 5) is 16.5. The van der Waals surface area contributed by atoms with Gasteiger partial charge in [0, 0.05) is 36.1 Å². The highest BCUT2D eigenvalue weighted by molar-refractivity contribution is 6.03. The third-order valence-corrected chi connectivity index (χ3v) is 3.79. The predicted molar refractivity (Wildman–Crippen MR) is 91.8 cm³/mol. The highest BCUT2D eigenvalue weighted by Crippen LogP contribution is 2.32. The van der Waals surface area contributed by atoms with Crippen molar-refractivity contribution < 1.29 is 14.3 Å². The number of nitrogens with one attached hydrogen (secondary N) is 2. The molecule has 126 valence electrons. The number of pyridine rings is 1. The Labute approximate surface area is 144 Å². The molecule has 2 N–H and O–H groups in total. The standard InChI is InChI=1S/C18H16N4O3/c23-18(15-10-14(21-22-15)12-3-1-6-19-11-12)20-13-4-5-16-17(9-13)25-8-2-7-24-16/h1,3-6,9-11H,2,7-8H2,(H,20,23)(H,21,22). The van der Waals surface area contributed by atoms with E-state index in [0.717, 1.165) is 12.0 Å². The second-order valence-corrected chi connectivity index (χ2v) is 5.57. The Morgan fingerprint density at radius 3 is 2.84 bits per heavy atom. The van der Waals surface area contributed by atoms with E-state index in [2.05, 4.69) is 20.5 Å². The molecule has 1 aromatic carbocycles. The van der Waals surface area contributed by atoms with Gasteiger partial charge >= 0.3 is 0 Å². The van der Waals surface area contributed by atoms with E-state index in [9.17, 15) is 4.79 Å². The Balaban J connectivity index is 1.51. The topological polar surface area (TPSA) is 89.1 Å². The molecule has 1 aliphatic rings. The first-order valence-corrected chi connectivity index (χ1v) is 7.96. The summed E-state index contributed by atoms with van der Waals surface area (Å²) in [6.07, 6.45) is 4.22. The highest BCUT2D eigenvalue weighted by Gasteiger charge is 2.14. The molecule has 1 aliphatic heterocycles. The smallest absolute Gasteiger partial charge is 0.273 e. The maximum absolute atomic E-state index is 12.4. The lowest BCUT2D eigenvalue weighted by atomic mass is 10.2. The van der Waals surface area contributed by atoms with Crippen LogP contribution < -0.4 is 14.8 Å². The van der Waals surface area contributed by atoms with Crippen LogP contribution in [0.5, 0.6) is 11.5 Å². The fourth-order valence-corrected chi connectivity index (χ4v) is 2.54. The van der Waals surface area contributed by atoms with Crippen molar-refractivity contribution in [3.63, 3.8) is 0 Å². The molecule has 0 unspecified atom stereocenters. The van der Waals surface area contributed by atoms with E-state index >= 15 is 0 Å². The number of aromatic amines is 1. The summed E-state index contributed by atoms with van der Waals surface area (Å²) in [5, 5.41) is 9.74. The minimum atomic E-state index is -0.280. The number of carbonyl (C=O) groups is 1. The van der Waals surface area contributed by atoms with Crippen LogP contribution in [0.3, 0.4) is 0 Å². The number of carbonyl (C=O) groups excluding carboxylic acids is 1. The van der Waals surface area contributed by atoms with Crippen LogP contribution in [-0.2, 0) is 0 Å². The molecule has 3 heterocycles. The molecule has 25 heavy (non-hydrogen) atoms. The van der Waals surface area contributed by atoms with Crippen molar-refractivity contribution in [1.82, 2.24) is 15.2 Å². The molecule has 7 nitrogen and oxygen atoms in total. The van der Waals surface area contributed by atoms with Gasteiger partial charge in [-0.2, -0.15) is 5.10 Å². The Hall–Kier alpha value is -3.35. The first kappa shape index (κ1) is 15.2. The van der Waals surface area contributed by atoms with E-state index in [1.165, 1.54) is 0 Å². The van der Waals surface area contributed by atoms with Gasteiger partial charge in [0.1, 0.15) is 5.69 Å². The van der Waals surface area contributed by atoms with Crippen LogP contribution in [0.2, 0.25) is 0 Å². The van der Waals surface area contributed by atoms with Gasteiger partial charge in [-0.1, -0.05) is 0 Å². The molecule has 0 aliphatic carbocycles. The van der Waals surface area contributed by atoms with Crippen LogP contribution in [0, 0.1) is 0 Å². The number of anilines is 1. The number of aromatic nitrogens is 3. The van der Waals surface area contributed by atoms with E-state index < -0.39 is 0 Å². The van der Waals surface area contributed by atoms with Crippen molar-refractivity contribution in [2.45, 2.75) is 6.42 Å². The second-order valence-electron chi connectivity index (χ2n) is 5.57. The third-order valence-electron chi connectivity index (χ3n) is 3.79. The van der Waals surface area contributed by atoms with E-state index in [4.69, 9.17) is 9.47 Å². The largest absolute Gasteiger partial charge is 0.490 e. The predicted octanol–water partition coefficient (Wildman–Crippen LogP) is 2.89. The number of amides is 1. The third kappa shape index (κ3) is 3.30. The molecule has 0 atom stereocenters. The SMILES string of the molecule is O=C(Nc1ccc2c(c1)OCCCO2)c1cc(-c2cccnc2)n[nH]1. The number of nitrogens with zero attached hydrogens (tertiary/aromatic N) is 2. The summed E-state index contributed by atoms with van der Waals surface area (Å²) in [6, 6.07) is 10.7. The summed E-state index contributed by atoms with van der Waals surface area (Å²) in [5.41, 5.74) is 2.50. The van der Waals surface area contributed by atoms with Crippen LogP contribution in [0.15, 0.2) is 48.8 Å². The second kappa shape index (κ2) is 6.64. The maximum atomic E-state index is 12.4. The molecule has 0 fully saturated rings. The minimum Gasteiger partial charge on any atom is -0.490 e. The fourth-order valence-electron chi connectivity index (χ4n) is 2.54. The summed E-state index contributed by atoms with van der Waals surface area (Å²) < 4.78 is 11.2. The van der Waals surface area contributed by atoms with Gasteiger partial charge in [0.2, 0.25) is 0 Å².